The molecule has 0 fully saturated rings. The first-order chi connectivity index (χ1) is 11.6. The van der Waals surface area contributed by atoms with Crippen LogP contribution in [0, 0.1) is 0 Å². The van der Waals surface area contributed by atoms with Gasteiger partial charge in [0, 0.05) is 17.8 Å². The molecular weight excluding hydrogens is 351 g/mol. The normalized spacial score (nSPS) is 10.8. The summed E-state index contributed by atoms with van der Waals surface area (Å²) in [5.74, 6) is 0.284. The fraction of sp³-hybridized carbons (Fsp3) is 0.250. The number of halogens is 2. The van der Waals surface area contributed by atoms with Crippen molar-refractivity contribution < 1.29 is 9.53 Å². The van der Waals surface area contributed by atoms with Gasteiger partial charge in [-0.15, -0.1) is 0 Å². The highest BCUT2D eigenvalue weighted by Gasteiger charge is 2.05. The van der Waals surface area contributed by atoms with Crippen molar-refractivity contribution in [3.63, 3.8) is 0 Å². The van der Waals surface area contributed by atoms with Crippen molar-refractivity contribution in [2.24, 2.45) is 5.10 Å². The molecule has 0 saturated carbocycles. The summed E-state index contributed by atoms with van der Waals surface area (Å²) >= 11 is 11.9. The summed E-state index contributed by atoms with van der Waals surface area (Å²) in [7, 11) is 0. The van der Waals surface area contributed by atoms with Gasteiger partial charge in [0.15, 0.2) is 0 Å². The van der Waals surface area contributed by atoms with E-state index in [1.54, 1.807) is 31.3 Å². The fourth-order valence-electron chi connectivity index (χ4n) is 1.82. The minimum absolute atomic E-state index is 0.243. The zero-order valence-electron chi connectivity index (χ0n) is 13.0. The van der Waals surface area contributed by atoms with E-state index in [0.717, 1.165) is 5.56 Å². The summed E-state index contributed by atoms with van der Waals surface area (Å²) < 4.78 is 4.83. The maximum absolute atomic E-state index is 11.2. The Hall–Kier alpha value is -2.18. The Morgan fingerprint density at radius 1 is 1.29 bits per heavy atom. The summed E-state index contributed by atoms with van der Waals surface area (Å²) in [5, 5.41) is 4.96. The van der Waals surface area contributed by atoms with Crippen LogP contribution in [0.15, 0.2) is 35.7 Å². The molecule has 6 nitrogen and oxygen atoms in total. The van der Waals surface area contributed by atoms with Crippen LogP contribution in [0.4, 0.5) is 5.82 Å². The number of anilines is 1. The van der Waals surface area contributed by atoms with Crippen molar-refractivity contribution in [3.05, 3.63) is 40.6 Å². The maximum Gasteiger partial charge on any atom is 0.306 e. The van der Waals surface area contributed by atoms with E-state index >= 15 is 0 Å². The number of hydrogen-bond donors (Lipinski definition) is 1. The Morgan fingerprint density at radius 3 is 2.88 bits per heavy atom. The molecule has 0 bridgehead atoms. The molecule has 0 atom stereocenters. The Bertz CT molecular complexity index is 738. The van der Waals surface area contributed by atoms with Crippen LogP contribution in [0.5, 0.6) is 0 Å². The quantitative estimate of drug-likeness (QED) is 0.451. The number of hydrogen-bond acceptors (Lipinski definition) is 6. The van der Waals surface area contributed by atoms with E-state index in [0.29, 0.717) is 34.6 Å². The number of nitrogens with one attached hydrogen (secondary N) is 1. The molecule has 1 aromatic carbocycles. The standard InChI is InChI=1S/C16H16Cl2N4O2/c1-2-24-16(23)4-3-7-21-22-15-9-14(19-10-20-15)11-5-6-12(17)13(18)8-11/h5-10H,2-4H2,1H3,(H,19,20,22)/b21-7+. The molecule has 126 valence electrons. The van der Waals surface area contributed by atoms with E-state index in [1.165, 1.54) is 6.33 Å². The van der Waals surface area contributed by atoms with Crippen LogP contribution >= 0.6 is 23.2 Å². The van der Waals surface area contributed by atoms with Crippen LogP contribution in [0.2, 0.25) is 10.0 Å². The molecule has 0 spiro atoms. The Morgan fingerprint density at radius 2 is 2.12 bits per heavy atom. The molecule has 1 N–H and O–H groups in total. The Labute approximate surface area is 149 Å². The van der Waals surface area contributed by atoms with Crippen LogP contribution in [-0.2, 0) is 9.53 Å². The highest BCUT2D eigenvalue weighted by Crippen LogP contribution is 2.27. The maximum atomic E-state index is 11.2. The molecule has 0 aliphatic carbocycles. The second kappa shape index (κ2) is 9.20. The molecule has 1 aromatic heterocycles. The van der Waals surface area contributed by atoms with Gasteiger partial charge < -0.3 is 4.74 Å². The molecule has 0 aliphatic rings. The molecule has 0 radical (unpaired) electrons. The molecule has 0 aliphatic heterocycles. The first-order valence-corrected chi connectivity index (χ1v) is 8.06. The molecule has 2 aromatic rings. The van der Waals surface area contributed by atoms with Crippen LogP contribution in [-0.4, -0.2) is 28.8 Å². The van der Waals surface area contributed by atoms with E-state index in [2.05, 4.69) is 20.5 Å². The zero-order chi connectivity index (χ0) is 17.4. The highest BCUT2D eigenvalue weighted by atomic mass is 35.5. The Balaban J connectivity index is 1.95. The minimum Gasteiger partial charge on any atom is -0.466 e. The van der Waals surface area contributed by atoms with E-state index in [9.17, 15) is 4.79 Å². The van der Waals surface area contributed by atoms with Crippen molar-refractivity contribution in [2.45, 2.75) is 19.8 Å². The number of esters is 1. The molecule has 0 saturated heterocycles. The molecule has 1 heterocycles. The van der Waals surface area contributed by atoms with Gasteiger partial charge in [-0.25, -0.2) is 9.97 Å². The van der Waals surface area contributed by atoms with Gasteiger partial charge in [-0.2, -0.15) is 5.10 Å². The number of rotatable bonds is 7. The lowest BCUT2D eigenvalue weighted by Gasteiger charge is -2.04. The van der Waals surface area contributed by atoms with Crippen molar-refractivity contribution in [1.29, 1.82) is 0 Å². The summed E-state index contributed by atoms with van der Waals surface area (Å²) in [6.07, 6.45) is 3.79. The smallest absolute Gasteiger partial charge is 0.306 e. The second-order valence-corrected chi connectivity index (χ2v) is 5.50. The van der Waals surface area contributed by atoms with E-state index < -0.39 is 0 Å². The average Bonchev–Trinajstić information content (AvgIpc) is 2.57. The van der Waals surface area contributed by atoms with E-state index in [-0.39, 0.29) is 12.4 Å². The molecule has 0 unspecified atom stereocenters. The van der Waals surface area contributed by atoms with Crippen molar-refractivity contribution >= 4 is 41.2 Å². The third kappa shape index (κ3) is 5.47. The molecule has 0 amide bonds. The summed E-state index contributed by atoms with van der Waals surface area (Å²) in [5.41, 5.74) is 4.30. The van der Waals surface area contributed by atoms with E-state index in [4.69, 9.17) is 27.9 Å². The van der Waals surface area contributed by atoms with Gasteiger partial charge in [-0.1, -0.05) is 29.3 Å². The van der Waals surface area contributed by atoms with Crippen LogP contribution in [0.25, 0.3) is 11.3 Å². The lowest BCUT2D eigenvalue weighted by atomic mass is 10.1. The number of hydrazone groups is 1. The van der Waals surface area contributed by atoms with Gasteiger partial charge in [0.05, 0.1) is 28.8 Å². The summed E-state index contributed by atoms with van der Waals surface area (Å²) in [6, 6.07) is 7.01. The number of nitrogens with zero attached hydrogens (tertiary/aromatic N) is 3. The first-order valence-electron chi connectivity index (χ1n) is 7.30. The van der Waals surface area contributed by atoms with Crippen LogP contribution < -0.4 is 5.43 Å². The Kier molecular flexibility index (Phi) is 6.96. The number of benzene rings is 1. The number of aromatic nitrogens is 2. The molecule has 2 rings (SSSR count). The molecular formula is C16H16Cl2N4O2. The van der Waals surface area contributed by atoms with Crippen molar-refractivity contribution in [1.82, 2.24) is 9.97 Å². The molecule has 8 heteroatoms. The van der Waals surface area contributed by atoms with Gasteiger partial charge in [0.25, 0.3) is 0 Å². The van der Waals surface area contributed by atoms with Crippen LogP contribution in [0.3, 0.4) is 0 Å². The van der Waals surface area contributed by atoms with Gasteiger partial charge in [0.1, 0.15) is 12.1 Å². The molecule has 24 heavy (non-hydrogen) atoms. The average molecular weight is 367 g/mol. The lowest BCUT2D eigenvalue weighted by Crippen LogP contribution is -2.03. The monoisotopic (exact) mass is 366 g/mol. The summed E-state index contributed by atoms with van der Waals surface area (Å²) in [4.78, 5) is 19.5. The predicted octanol–water partition coefficient (Wildman–Crippen LogP) is 4.19. The zero-order valence-corrected chi connectivity index (χ0v) is 14.5. The highest BCUT2D eigenvalue weighted by molar-refractivity contribution is 6.42. The first kappa shape index (κ1) is 18.2. The van der Waals surface area contributed by atoms with Gasteiger partial charge in [-0.05, 0) is 25.5 Å². The van der Waals surface area contributed by atoms with Crippen molar-refractivity contribution in [3.8, 4) is 11.3 Å². The number of carbonyl (C=O) groups excluding carboxylic acids is 1. The van der Waals surface area contributed by atoms with Gasteiger partial charge >= 0.3 is 5.97 Å². The lowest BCUT2D eigenvalue weighted by molar-refractivity contribution is -0.142. The van der Waals surface area contributed by atoms with Crippen LogP contribution in [0.1, 0.15) is 19.8 Å². The topological polar surface area (TPSA) is 76.5 Å². The minimum atomic E-state index is -0.243. The number of carbonyl (C=O) groups is 1. The SMILES string of the molecule is CCOC(=O)CC/C=N/Nc1cc(-c2ccc(Cl)c(Cl)c2)ncn1. The third-order valence-corrected chi connectivity index (χ3v) is 3.67. The fourth-order valence-corrected chi connectivity index (χ4v) is 2.12. The largest absolute Gasteiger partial charge is 0.466 e. The second-order valence-electron chi connectivity index (χ2n) is 4.68. The number of ether oxygens (including phenoxy) is 1. The van der Waals surface area contributed by atoms with Gasteiger partial charge in [-0.3, -0.25) is 10.2 Å². The third-order valence-electron chi connectivity index (χ3n) is 2.94. The van der Waals surface area contributed by atoms with Gasteiger partial charge in [0.2, 0.25) is 0 Å². The predicted molar refractivity (Wildman–Crippen MR) is 95.5 cm³/mol. The van der Waals surface area contributed by atoms with E-state index in [1.807, 2.05) is 6.07 Å². The summed E-state index contributed by atoms with van der Waals surface area (Å²) in [6.45, 7) is 2.15. The van der Waals surface area contributed by atoms with Crippen molar-refractivity contribution in [2.75, 3.05) is 12.0 Å².